The van der Waals surface area contributed by atoms with E-state index in [4.69, 9.17) is 11.6 Å². The van der Waals surface area contributed by atoms with Crippen molar-refractivity contribution < 1.29 is 8.42 Å². The van der Waals surface area contributed by atoms with E-state index in [9.17, 15) is 8.42 Å². The zero-order valence-electron chi connectivity index (χ0n) is 12.3. The summed E-state index contributed by atoms with van der Waals surface area (Å²) in [6.07, 6.45) is 3.66. The first kappa shape index (κ1) is 17.2. The Labute approximate surface area is 123 Å². The fourth-order valence-corrected chi connectivity index (χ4v) is 4.13. The molecule has 0 atom stereocenters. The third-order valence-corrected chi connectivity index (χ3v) is 6.62. The van der Waals surface area contributed by atoms with Gasteiger partial charge in [0.1, 0.15) is 0 Å². The van der Waals surface area contributed by atoms with E-state index in [-0.39, 0.29) is 5.41 Å². The first-order valence-electron chi connectivity index (χ1n) is 7.20. The minimum Gasteiger partial charge on any atom is -0.202 e. The molecule has 19 heavy (non-hydrogen) atoms. The van der Waals surface area contributed by atoms with Crippen molar-refractivity contribution in [2.75, 3.05) is 25.5 Å². The molecular weight excluding hydrogens is 284 g/mol. The first-order valence-corrected chi connectivity index (χ1v) is 9.17. The average molecular weight is 311 g/mol. The Morgan fingerprint density at radius 3 is 2.21 bits per heavy atom. The van der Waals surface area contributed by atoms with Gasteiger partial charge in [-0.15, -0.1) is 11.6 Å². The third kappa shape index (κ3) is 4.59. The Morgan fingerprint density at radius 1 is 1.26 bits per heavy atom. The number of nitrogens with one attached hydrogen (secondary N) is 1. The Morgan fingerprint density at radius 2 is 1.79 bits per heavy atom. The highest BCUT2D eigenvalue weighted by atomic mass is 35.5. The summed E-state index contributed by atoms with van der Waals surface area (Å²) < 4.78 is 28.8. The zero-order chi connectivity index (χ0) is 14.5. The largest absolute Gasteiger partial charge is 0.279 e. The zero-order valence-corrected chi connectivity index (χ0v) is 13.9. The molecule has 1 aliphatic rings. The van der Waals surface area contributed by atoms with Crippen molar-refractivity contribution in [2.45, 2.75) is 46.5 Å². The van der Waals surface area contributed by atoms with E-state index in [1.165, 1.54) is 0 Å². The number of rotatable bonds is 7. The van der Waals surface area contributed by atoms with E-state index in [1.54, 1.807) is 4.31 Å². The molecule has 1 fully saturated rings. The highest BCUT2D eigenvalue weighted by molar-refractivity contribution is 7.87. The molecule has 1 aliphatic heterocycles. The SMILES string of the molecule is CCC(CC)(CCl)CNS(=O)(=O)N1CCC(C)CC1. The molecule has 0 aromatic heterocycles. The molecule has 1 N–H and O–H groups in total. The second-order valence-corrected chi connectivity index (χ2v) is 7.77. The topological polar surface area (TPSA) is 49.4 Å². The standard InChI is InChI=1S/C13H27ClN2O2S/c1-4-13(5-2,10-14)11-15-19(17,18)16-8-6-12(3)7-9-16/h12,15H,4-11H2,1-3H3. The Hall–Kier alpha value is 0.160. The summed E-state index contributed by atoms with van der Waals surface area (Å²) in [6, 6.07) is 0. The molecule has 0 aromatic carbocycles. The second-order valence-electron chi connectivity index (χ2n) is 5.75. The van der Waals surface area contributed by atoms with Gasteiger partial charge in [-0.1, -0.05) is 20.8 Å². The van der Waals surface area contributed by atoms with E-state index in [0.717, 1.165) is 25.7 Å². The maximum Gasteiger partial charge on any atom is 0.279 e. The predicted octanol–water partition coefficient (Wildman–Crippen LogP) is 2.60. The van der Waals surface area contributed by atoms with E-state index >= 15 is 0 Å². The maximum absolute atomic E-state index is 12.3. The van der Waals surface area contributed by atoms with Gasteiger partial charge in [-0.2, -0.15) is 12.7 Å². The van der Waals surface area contributed by atoms with Crippen LogP contribution in [0.5, 0.6) is 0 Å². The van der Waals surface area contributed by atoms with Gasteiger partial charge >= 0.3 is 0 Å². The Bertz CT molecular complexity index is 353. The summed E-state index contributed by atoms with van der Waals surface area (Å²) in [5, 5.41) is 0. The van der Waals surface area contributed by atoms with Crippen LogP contribution in [0, 0.1) is 11.3 Å². The normalized spacial score (nSPS) is 19.8. The van der Waals surface area contributed by atoms with Gasteiger partial charge in [-0.3, -0.25) is 0 Å². The molecule has 0 aromatic rings. The van der Waals surface area contributed by atoms with Crippen LogP contribution < -0.4 is 4.72 Å². The van der Waals surface area contributed by atoms with Crippen LogP contribution in [0.25, 0.3) is 0 Å². The number of piperidine rings is 1. The van der Waals surface area contributed by atoms with Crippen molar-refractivity contribution in [1.29, 1.82) is 0 Å². The number of nitrogens with zero attached hydrogens (tertiary/aromatic N) is 1. The van der Waals surface area contributed by atoms with Crippen LogP contribution in [0.15, 0.2) is 0 Å². The molecule has 0 spiro atoms. The minimum absolute atomic E-state index is 0.127. The highest BCUT2D eigenvalue weighted by Gasteiger charge is 2.31. The van der Waals surface area contributed by atoms with Crippen LogP contribution in [0.3, 0.4) is 0 Å². The third-order valence-electron chi connectivity index (χ3n) is 4.50. The van der Waals surface area contributed by atoms with Crippen LogP contribution in [0.1, 0.15) is 46.5 Å². The summed E-state index contributed by atoms with van der Waals surface area (Å²) in [5.74, 6) is 1.11. The number of alkyl halides is 1. The van der Waals surface area contributed by atoms with Gasteiger partial charge in [-0.25, -0.2) is 4.72 Å². The van der Waals surface area contributed by atoms with Crippen LogP contribution in [0.4, 0.5) is 0 Å². The molecular formula is C13H27ClN2O2S. The van der Waals surface area contributed by atoms with Crippen LogP contribution in [-0.4, -0.2) is 38.2 Å². The lowest BCUT2D eigenvalue weighted by Crippen LogP contribution is -2.48. The number of hydrogen-bond acceptors (Lipinski definition) is 2. The number of halogens is 1. The highest BCUT2D eigenvalue weighted by Crippen LogP contribution is 2.27. The smallest absolute Gasteiger partial charge is 0.202 e. The van der Waals surface area contributed by atoms with Gasteiger partial charge in [-0.05, 0) is 37.0 Å². The van der Waals surface area contributed by atoms with E-state index in [1.807, 2.05) is 0 Å². The van der Waals surface area contributed by atoms with Gasteiger partial charge in [0.25, 0.3) is 10.2 Å². The molecule has 0 unspecified atom stereocenters. The molecule has 0 saturated carbocycles. The second kappa shape index (κ2) is 7.25. The lowest BCUT2D eigenvalue weighted by atomic mass is 9.85. The number of hydrogen-bond donors (Lipinski definition) is 1. The molecule has 4 nitrogen and oxygen atoms in total. The van der Waals surface area contributed by atoms with Crippen molar-refractivity contribution in [3.05, 3.63) is 0 Å². The molecule has 0 radical (unpaired) electrons. The van der Waals surface area contributed by atoms with Crippen LogP contribution in [0.2, 0.25) is 0 Å². The minimum atomic E-state index is -3.35. The van der Waals surface area contributed by atoms with Crippen molar-refractivity contribution in [1.82, 2.24) is 9.03 Å². The lowest BCUT2D eigenvalue weighted by molar-refractivity contribution is 0.273. The molecule has 1 heterocycles. The van der Waals surface area contributed by atoms with Crippen molar-refractivity contribution in [3.8, 4) is 0 Å². The van der Waals surface area contributed by atoms with Gasteiger partial charge in [0.15, 0.2) is 0 Å². The van der Waals surface area contributed by atoms with Crippen molar-refractivity contribution >= 4 is 21.8 Å². The summed E-state index contributed by atoms with van der Waals surface area (Å²) in [6.45, 7) is 7.97. The molecule has 0 bridgehead atoms. The van der Waals surface area contributed by atoms with E-state index in [2.05, 4.69) is 25.5 Å². The average Bonchev–Trinajstić information content (AvgIpc) is 2.41. The van der Waals surface area contributed by atoms with Gasteiger partial charge in [0, 0.05) is 25.5 Å². The Balaban J connectivity index is 2.60. The van der Waals surface area contributed by atoms with Crippen LogP contribution in [-0.2, 0) is 10.2 Å². The quantitative estimate of drug-likeness (QED) is 0.735. The molecule has 1 rings (SSSR count). The van der Waals surface area contributed by atoms with Crippen molar-refractivity contribution in [2.24, 2.45) is 11.3 Å². The van der Waals surface area contributed by atoms with E-state index in [0.29, 0.717) is 31.4 Å². The first-order chi connectivity index (χ1) is 8.89. The fourth-order valence-electron chi connectivity index (χ4n) is 2.30. The molecule has 1 saturated heterocycles. The molecule has 114 valence electrons. The lowest BCUT2D eigenvalue weighted by Gasteiger charge is -2.33. The summed E-state index contributed by atoms with van der Waals surface area (Å²) in [4.78, 5) is 0. The molecule has 0 amide bonds. The molecule has 6 heteroatoms. The summed E-state index contributed by atoms with van der Waals surface area (Å²) >= 11 is 6.01. The van der Waals surface area contributed by atoms with Crippen LogP contribution >= 0.6 is 11.6 Å². The van der Waals surface area contributed by atoms with Gasteiger partial charge < -0.3 is 0 Å². The summed E-state index contributed by atoms with van der Waals surface area (Å²) in [7, 11) is -3.35. The monoisotopic (exact) mass is 310 g/mol. The maximum atomic E-state index is 12.3. The molecule has 0 aliphatic carbocycles. The van der Waals surface area contributed by atoms with Crippen molar-refractivity contribution in [3.63, 3.8) is 0 Å². The van der Waals surface area contributed by atoms with Gasteiger partial charge in [0.2, 0.25) is 0 Å². The van der Waals surface area contributed by atoms with E-state index < -0.39 is 10.2 Å². The Kier molecular flexibility index (Phi) is 6.57. The fraction of sp³-hybridized carbons (Fsp3) is 1.00. The summed E-state index contributed by atoms with van der Waals surface area (Å²) in [5.41, 5.74) is -0.127. The predicted molar refractivity (Wildman–Crippen MR) is 80.6 cm³/mol. The van der Waals surface area contributed by atoms with Gasteiger partial charge in [0.05, 0.1) is 0 Å².